The minimum atomic E-state index is 0.422. The summed E-state index contributed by atoms with van der Waals surface area (Å²) in [6, 6.07) is 11.4. The van der Waals surface area contributed by atoms with Crippen LogP contribution >= 0.6 is 11.3 Å². The number of aromatic nitrogens is 4. The largest absolute Gasteiger partial charge is 0.356 e. The Morgan fingerprint density at radius 2 is 1.90 bits per heavy atom. The predicted octanol–water partition coefficient (Wildman–Crippen LogP) is 4.70. The molecule has 2 aliphatic rings. The van der Waals surface area contributed by atoms with Crippen LogP contribution in [-0.2, 0) is 0 Å². The van der Waals surface area contributed by atoms with Gasteiger partial charge in [0.15, 0.2) is 5.65 Å². The fourth-order valence-electron chi connectivity index (χ4n) is 5.51. The van der Waals surface area contributed by atoms with Crippen molar-refractivity contribution >= 4 is 33.0 Å². The normalized spacial score (nSPS) is 20.3. The van der Waals surface area contributed by atoms with E-state index in [1.54, 1.807) is 11.3 Å². The number of anilines is 1. The van der Waals surface area contributed by atoms with Gasteiger partial charge < -0.3 is 4.90 Å². The number of hydrogen-bond donors (Lipinski definition) is 0. The fraction of sp³-hybridized carbons (Fsp3) is 0.458. The molecule has 7 heteroatoms. The van der Waals surface area contributed by atoms with Gasteiger partial charge in [-0.2, -0.15) is 9.61 Å². The molecule has 31 heavy (non-hydrogen) atoms. The number of thiazole rings is 1. The molecule has 2 fully saturated rings. The second kappa shape index (κ2) is 7.28. The van der Waals surface area contributed by atoms with Gasteiger partial charge in [0.25, 0.3) is 0 Å². The molecule has 0 unspecified atom stereocenters. The van der Waals surface area contributed by atoms with E-state index in [9.17, 15) is 0 Å². The van der Waals surface area contributed by atoms with Crippen molar-refractivity contribution in [3.63, 3.8) is 0 Å². The van der Waals surface area contributed by atoms with E-state index in [1.807, 2.05) is 22.3 Å². The van der Waals surface area contributed by atoms with E-state index in [4.69, 9.17) is 0 Å². The van der Waals surface area contributed by atoms with Crippen LogP contribution in [0.25, 0.3) is 15.9 Å². The van der Waals surface area contributed by atoms with Crippen LogP contribution in [0.2, 0.25) is 0 Å². The van der Waals surface area contributed by atoms with Crippen LogP contribution in [0.5, 0.6) is 0 Å². The van der Waals surface area contributed by atoms with Crippen molar-refractivity contribution in [2.24, 2.45) is 5.41 Å². The summed E-state index contributed by atoms with van der Waals surface area (Å²) in [5.41, 5.74) is 6.88. The standard InChI is InChI=1S/C24H28N6S/c1-17-13-23(30-22(27-17)5-9-26-30)29-12-8-24(15-29)6-10-28(11-7-24)18(2)19-3-4-21-20(14-19)25-16-31-21/h3-5,9,13-14,16,18H,6-8,10-12,15H2,1-2H3/t18-/m1/s1. The van der Waals surface area contributed by atoms with Crippen LogP contribution in [-0.4, -0.2) is 50.7 Å². The van der Waals surface area contributed by atoms with E-state index in [1.165, 1.54) is 35.3 Å². The van der Waals surface area contributed by atoms with Gasteiger partial charge in [0.1, 0.15) is 5.82 Å². The first-order valence-electron chi connectivity index (χ1n) is 11.2. The smallest absolute Gasteiger partial charge is 0.157 e. The first-order valence-corrected chi connectivity index (χ1v) is 12.1. The van der Waals surface area contributed by atoms with Crippen molar-refractivity contribution in [1.29, 1.82) is 0 Å². The van der Waals surface area contributed by atoms with Crippen LogP contribution in [0, 0.1) is 12.3 Å². The molecule has 3 aromatic heterocycles. The maximum Gasteiger partial charge on any atom is 0.157 e. The summed E-state index contributed by atoms with van der Waals surface area (Å²) in [7, 11) is 0. The number of aryl methyl sites for hydroxylation is 1. The van der Waals surface area contributed by atoms with E-state index >= 15 is 0 Å². The van der Waals surface area contributed by atoms with Crippen LogP contribution in [0.3, 0.4) is 0 Å². The highest BCUT2D eigenvalue weighted by molar-refractivity contribution is 7.16. The maximum atomic E-state index is 4.61. The van der Waals surface area contributed by atoms with Crippen molar-refractivity contribution < 1.29 is 0 Å². The SMILES string of the molecule is Cc1cc(N2CCC3(CCN([C@H](C)c4ccc5scnc5c4)CC3)C2)n2nccc2n1. The van der Waals surface area contributed by atoms with E-state index in [2.05, 4.69) is 63.0 Å². The summed E-state index contributed by atoms with van der Waals surface area (Å²) in [6.45, 7) is 8.98. The van der Waals surface area contributed by atoms with Gasteiger partial charge in [0.2, 0.25) is 0 Å². The Kier molecular flexibility index (Phi) is 4.51. The number of likely N-dealkylation sites (tertiary alicyclic amines) is 1. The van der Waals surface area contributed by atoms with Gasteiger partial charge in [-0.15, -0.1) is 11.3 Å². The Bertz CT molecular complexity index is 1240. The van der Waals surface area contributed by atoms with Gasteiger partial charge >= 0.3 is 0 Å². The van der Waals surface area contributed by atoms with Crippen molar-refractivity contribution in [2.45, 2.75) is 39.2 Å². The highest BCUT2D eigenvalue weighted by atomic mass is 32.1. The molecule has 4 aromatic rings. The van der Waals surface area contributed by atoms with Gasteiger partial charge in [0, 0.05) is 37.0 Å². The topological polar surface area (TPSA) is 49.6 Å². The highest BCUT2D eigenvalue weighted by Gasteiger charge is 2.42. The lowest BCUT2D eigenvalue weighted by atomic mass is 9.77. The van der Waals surface area contributed by atoms with Crippen molar-refractivity contribution in [3.8, 4) is 0 Å². The Hall–Kier alpha value is -2.51. The van der Waals surface area contributed by atoms with Crippen LogP contribution < -0.4 is 4.90 Å². The monoisotopic (exact) mass is 432 g/mol. The quantitative estimate of drug-likeness (QED) is 0.470. The molecule has 1 spiro atoms. The average molecular weight is 433 g/mol. The lowest BCUT2D eigenvalue weighted by Gasteiger charge is -2.42. The van der Waals surface area contributed by atoms with Gasteiger partial charge in [-0.3, -0.25) is 4.90 Å². The van der Waals surface area contributed by atoms with E-state index in [0.29, 0.717) is 11.5 Å². The molecule has 6 rings (SSSR count). The molecule has 0 radical (unpaired) electrons. The molecule has 1 aromatic carbocycles. The van der Waals surface area contributed by atoms with Gasteiger partial charge in [-0.05, 0) is 69.3 Å². The minimum Gasteiger partial charge on any atom is -0.356 e. The van der Waals surface area contributed by atoms with Gasteiger partial charge in [-0.1, -0.05) is 6.07 Å². The summed E-state index contributed by atoms with van der Waals surface area (Å²) in [5.74, 6) is 1.19. The number of hydrogen-bond acceptors (Lipinski definition) is 6. The van der Waals surface area contributed by atoms with Crippen LogP contribution in [0.15, 0.2) is 42.0 Å². The van der Waals surface area contributed by atoms with Crippen LogP contribution in [0.1, 0.15) is 43.5 Å². The fourth-order valence-corrected chi connectivity index (χ4v) is 6.17. The molecule has 1 atom stereocenters. The second-order valence-electron chi connectivity index (χ2n) is 9.32. The summed E-state index contributed by atoms with van der Waals surface area (Å²) in [4.78, 5) is 14.3. The zero-order chi connectivity index (χ0) is 21.0. The molecule has 6 nitrogen and oxygen atoms in total. The molecule has 0 aliphatic carbocycles. The molecular weight excluding hydrogens is 404 g/mol. The molecule has 2 aliphatic heterocycles. The van der Waals surface area contributed by atoms with Crippen molar-refractivity contribution in [3.05, 3.63) is 53.3 Å². The second-order valence-corrected chi connectivity index (χ2v) is 10.2. The first-order chi connectivity index (χ1) is 15.1. The molecule has 0 bridgehead atoms. The van der Waals surface area contributed by atoms with Crippen LogP contribution in [0.4, 0.5) is 5.82 Å². The third-order valence-corrected chi connectivity index (χ3v) is 8.28. The summed E-state index contributed by atoms with van der Waals surface area (Å²) >= 11 is 1.72. The minimum absolute atomic E-state index is 0.422. The Morgan fingerprint density at radius 1 is 1.06 bits per heavy atom. The first kappa shape index (κ1) is 19.2. The van der Waals surface area contributed by atoms with E-state index < -0.39 is 0 Å². The Labute approximate surface area is 186 Å². The third kappa shape index (κ3) is 3.31. The summed E-state index contributed by atoms with van der Waals surface area (Å²) in [6.07, 6.45) is 5.64. The molecule has 160 valence electrons. The third-order valence-electron chi connectivity index (χ3n) is 7.47. The van der Waals surface area contributed by atoms with E-state index in [0.717, 1.165) is 43.0 Å². The zero-order valence-corrected chi connectivity index (χ0v) is 19.0. The molecule has 0 N–H and O–H groups in total. The molecular formula is C24H28N6S. The number of fused-ring (bicyclic) bond motifs is 2. The molecule has 5 heterocycles. The Balaban J connectivity index is 1.16. The van der Waals surface area contributed by atoms with Gasteiger partial charge in [-0.25, -0.2) is 9.97 Å². The molecule has 0 amide bonds. The van der Waals surface area contributed by atoms with Crippen molar-refractivity contribution in [1.82, 2.24) is 24.5 Å². The zero-order valence-electron chi connectivity index (χ0n) is 18.2. The Morgan fingerprint density at radius 3 is 2.77 bits per heavy atom. The lowest BCUT2D eigenvalue weighted by Crippen LogP contribution is -2.42. The van der Waals surface area contributed by atoms with Gasteiger partial charge in [0.05, 0.1) is 21.9 Å². The predicted molar refractivity (Wildman–Crippen MR) is 126 cm³/mol. The van der Waals surface area contributed by atoms with E-state index in [-0.39, 0.29) is 0 Å². The summed E-state index contributed by atoms with van der Waals surface area (Å²) < 4.78 is 3.27. The lowest BCUT2D eigenvalue weighted by molar-refractivity contribution is 0.0908. The van der Waals surface area contributed by atoms with Crippen molar-refractivity contribution in [2.75, 3.05) is 31.1 Å². The number of rotatable bonds is 3. The summed E-state index contributed by atoms with van der Waals surface area (Å²) in [5, 5.41) is 4.52. The molecule has 2 saturated heterocycles. The number of benzene rings is 1. The number of piperidine rings is 1. The molecule has 0 saturated carbocycles. The number of nitrogens with zero attached hydrogens (tertiary/aromatic N) is 6. The maximum absolute atomic E-state index is 4.61. The highest BCUT2D eigenvalue weighted by Crippen LogP contribution is 2.43. The average Bonchev–Trinajstić information content (AvgIpc) is 3.52.